The molecule has 0 radical (unpaired) electrons. The lowest BCUT2D eigenvalue weighted by Crippen LogP contribution is -2.47. The molecular weight excluding hydrogens is 286 g/mol. The predicted molar refractivity (Wildman–Crippen MR) is 82.3 cm³/mol. The lowest BCUT2D eigenvalue weighted by atomic mass is 9.92. The summed E-state index contributed by atoms with van der Waals surface area (Å²) in [5.74, 6) is 0.856. The van der Waals surface area contributed by atoms with Crippen molar-refractivity contribution in [1.82, 2.24) is 5.32 Å². The van der Waals surface area contributed by atoms with Crippen molar-refractivity contribution in [3.8, 4) is 11.5 Å². The molecule has 0 bridgehead atoms. The maximum absolute atomic E-state index is 12.0. The molecule has 0 saturated heterocycles. The van der Waals surface area contributed by atoms with Crippen LogP contribution in [0.15, 0.2) is 18.2 Å². The number of rotatable bonds is 5. The van der Waals surface area contributed by atoms with Crippen LogP contribution < -0.4 is 14.8 Å². The predicted octanol–water partition coefficient (Wildman–Crippen LogP) is 2.64. The minimum absolute atomic E-state index is 0.385. The van der Waals surface area contributed by atoms with Gasteiger partial charge in [-0.15, -0.1) is 0 Å². The van der Waals surface area contributed by atoms with Crippen molar-refractivity contribution < 1.29 is 23.8 Å². The quantitative estimate of drug-likeness (QED) is 0.846. The van der Waals surface area contributed by atoms with Crippen LogP contribution in [0.5, 0.6) is 11.5 Å². The van der Waals surface area contributed by atoms with Crippen LogP contribution in [-0.2, 0) is 15.1 Å². The Morgan fingerprint density at radius 3 is 2.23 bits per heavy atom. The van der Waals surface area contributed by atoms with Crippen molar-refractivity contribution in [3.63, 3.8) is 0 Å². The zero-order chi connectivity index (χ0) is 17.0. The highest BCUT2D eigenvalue weighted by atomic mass is 16.6. The standard InChI is InChI=1S/C16H23NO5/c1-15(2,3)22-14(19)17-16(4,10-18)11-8-7-9-12(20-5)13(11)21-6/h7-10H,1-6H3,(H,17,19). The first-order valence-electron chi connectivity index (χ1n) is 6.86. The number of carbonyl (C=O) groups excluding carboxylic acids is 2. The van der Waals surface area contributed by atoms with E-state index in [1.807, 2.05) is 0 Å². The largest absolute Gasteiger partial charge is 0.493 e. The maximum atomic E-state index is 12.0. The summed E-state index contributed by atoms with van der Waals surface area (Å²) in [6.45, 7) is 6.81. The molecule has 0 aliphatic carbocycles. The first kappa shape index (κ1) is 17.8. The van der Waals surface area contributed by atoms with Gasteiger partial charge in [0.25, 0.3) is 0 Å². The molecule has 0 aliphatic rings. The Bertz CT molecular complexity index is 550. The molecular formula is C16H23NO5. The normalized spacial score (nSPS) is 13.7. The fraction of sp³-hybridized carbons (Fsp3) is 0.500. The van der Waals surface area contributed by atoms with Gasteiger partial charge < -0.3 is 24.3 Å². The molecule has 1 amide bonds. The molecule has 0 aromatic heterocycles. The van der Waals surface area contributed by atoms with Crippen LogP contribution in [0.4, 0.5) is 4.79 Å². The van der Waals surface area contributed by atoms with Crippen molar-refractivity contribution >= 4 is 12.4 Å². The number of carbonyl (C=O) groups is 2. The van der Waals surface area contributed by atoms with Gasteiger partial charge in [0, 0.05) is 5.56 Å². The number of nitrogens with one attached hydrogen (secondary N) is 1. The fourth-order valence-electron chi connectivity index (χ4n) is 1.97. The molecule has 1 aromatic rings. The van der Waals surface area contributed by atoms with Gasteiger partial charge in [0.05, 0.1) is 14.2 Å². The van der Waals surface area contributed by atoms with Gasteiger partial charge in [-0.1, -0.05) is 12.1 Å². The topological polar surface area (TPSA) is 73.9 Å². The Morgan fingerprint density at radius 1 is 1.14 bits per heavy atom. The summed E-state index contributed by atoms with van der Waals surface area (Å²) in [7, 11) is 2.97. The first-order valence-corrected chi connectivity index (χ1v) is 6.86. The molecule has 0 aliphatic heterocycles. The Balaban J connectivity index is 3.19. The number of amides is 1. The van der Waals surface area contributed by atoms with Crippen molar-refractivity contribution in [3.05, 3.63) is 23.8 Å². The van der Waals surface area contributed by atoms with Crippen molar-refractivity contribution in [1.29, 1.82) is 0 Å². The average Bonchev–Trinajstić information content (AvgIpc) is 2.43. The molecule has 1 unspecified atom stereocenters. The van der Waals surface area contributed by atoms with Crippen molar-refractivity contribution in [2.45, 2.75) is 38.8 Å². The van der Waals surface area contributed by atoms with Gasteiger partial charge in [-0.25, -0.2) is 4.79 Å². The molecule has 0 spiro atoms. The van der Waals surface area contributed by atoms with E-state index < -0.39 is 17.2 Å². The molecule has 0 fully saturated rings. The highest BCUT2D eigenvalue weighted by Crippen LogP contribution is 2.36. The third-order valence-electron chi connectivity index (χ3n) is 2.96. The molecule has 0 heterocycles. The number of hydrogen-bond acceptors (Lipinski definition) is 5. The summed E-state index contributed by atoms with van der Waals surface area (Å²) >= 11 is 0. The van der Waals surface area contributed by atoms with Crippen LogP contribution in [0.3, 0.4) is 0 Å². The van der Waals surface area contributed by atoms with Crippen molar-refractivity contribution in [2.24, 2.45) is 0 Å². The van der Waals surface area contributed by atoms with Gasteiger partial charge in [0.1, 0.15) is 17.4 Å². The molecule has 22 heavy (non-hydrogen) atoms. The number of alkyl carbamates (subject to hydrolysis) is 1. The fourth-order valence-corrected chi connectivity index (χ4v) is 1.97. The number of aldehydes is 1. The second-order valence-corrected chi connectivity index (χ2v) is 5.99. The molecule has 1 aromatic carbocycles. The summed E-state index contributed by atoms with van der Waals surface area (Å²) < 4.78 is 15.7. The summed E-state index contributed by atoms with van der Waals surface area (Å²) in [4.78, 5) is 23.6. The third-order valence-corrected chi connectivity index (χ3v) is 2.96. The number of hydrogen-bond donors (Lipinski definition) is 1. The second-order valence-electron chi connectivity index (χ2n) is 5.99. The van der Waals surface area contributed by atoms with Gasteiger partial charge in [0.15, 0.2) is 11.5 Å². The van der Waals surface area contributed by atoms with E-state index in [2.05, 4.69) is 5.32 Å². The Hall–Kier alpha value is -2.24. The Morgan fingerprint density at radius 2 is 1.77 bits per heavy atom. The number of ether oxygens (including phenoxy) is 3. The highest BCUT2D eigenvalue weighted by molar-refractivity contribution is 5.79. The molecule has 6 nitrogen and oxygen atoms in total. The van der Waals surface area contributed by atoms with E-state index in [9.17, 15) is 9.59 Å². The Kier molecular flexibility index (Phi) is 5.41. The van der Waals surface area contributed by atoms with Crippen LogP contribution >= 0.6 is 0 Å². The van der Waals surface area contributed by atoms with Gasteiger partial charge in [-0.05, 0) is 33.8 Å². The Labute approximate surface area is 130 Å². The van der Waals surface area contributed by atoms with Crippen LogP contribution in [-0.4, -0.2) is 32.2 Å². The van der Waals surface area contributed by atoms with E-state index in [0.717, 1.165) is 0 Å². The van der Waals surface area contributed by atoms with E-state index in [1.165, 1.54) is 14.2 Å². The van der Waals surface area contributed by atoms with Crippen LogP contribution in [0.2, 0.25) is 0 Å². The minimum Gasteiger partial charge on any atom is -0.493 e. The minimum atomic E-state index is -1.30. The van der Waals surface area contributed by atoms with Crippen LogP contribution in [0.25, 0.3) is 0 Å². The highest BCUT2D eigenvalue weighted by Gasteiger charge is 2.34. The summed E-state index contributed by atoms with van der Waals surface area (Å²) in [5, 5.41) is 2.58. The first-order chi connectivity index (χ1) is 10.2. The van der Waals surface area contributed by atoms with E-state index in [0.29, 0.717) is 23.3 Å². The smallest absolute Gasteiger partial charge is 0.408 e. The zero-order valence-electron chi connectivity index (χ0n) is 13.9. The summed E-state index contributed by atoms with van der Waals surface area (Å²) in [6.07, 6.45) is -0.0548. The lowest BCUT2D eigenvalue weighted by Gasteiger charge is -2.29. The number of methoxy groups -OCH3 is 2. The molecule has 1 rings (SSSR count). The van der Waals surface area contributed by atoms with Crippen molar-refractivity contribution in [2.75, 3.05) is 14.2 Å². The summed E-state index contributed by atoms with van der Waals surface area (Å²) in [6, 6.07) is 5.11. The molecule has 1 atom stereocenters. The monoisotopic (exact) mass is 309 g/mol. The SMILES string of the molecule is COc1cccc(C(C)(C=O)NC(=O)OC(C)(C)C)c1OC. The van der Waals surface area contributed by atoms with Crippen LogP contribution in [0.1, 0.15) is 33.3 Å². The van der Waals surface area contributed by atoms with Gasteiger partial charge in [-0.3, -0.25) is 0 Å². The number of benzene rings is 1. The van der Waals surface area contributed by atoms with E-state index >= 15 is 0 Å². The molecule has 122 valence electrons. The molecule has 1 N–H and O–H groups in total. The van der Waals surface area contributed by atoms with E-state index in [4.69, 9.17) is 14.2 Å². The second kappa shape index (κ2) is 6.68. The van der Waals surface area contributed by atoms with E-state index in [-0.39, 0.29) is 0 Å². The lowest BCUT2D eigenvalue weighted by molar-refractivity contribution is -0.113. The van der Waals surface area contributed by atoms with Gasteiger partial charge in [-0.2, -0.15) is 0 Å². The van der Waals surface area contributed by atoms with Gasteiger partial charge >= 0.3 is 6.09 Å². The average molecular weight is 309 g/mol. The molecule has 0 saturated carbocycles. The van der Waals surface area contributed by atoms with Gasteiger partial charge in [0.2, 0.25) is 0 Å². The zero-order valence-corrected chi connectivity index (χ0v) is 13.9. The summed E-state index contributed by atoms with van der Waals surface area (Å²) in [5.41, 5.74) is -1.48. The molecule has 6 heteroatoms. The third kappa shape index (κ3) is 4.13. The maximum Gasteiger partial charge on any atom is 0.408 e. The number of para-hydroxylation sites is 1. The van der Waals surface area contributed by atoms with E-state index in [1.54, 1.807) is 45.9 Å². The van der Waals surface area contributed by atoms with Crippen LogP contribution in [0, 0.1) is 0 Å².